The van der Waals surface area contributed by atoms with Gasteiger partial charge in [-0.25, -0.2) is 13.8 Å². The zero-order valence-corrected chi connectivity index (χ0v) is 16.0. The Hall–Kier alpha value is -3.68. The molecule has 0 atom stereocenters. The molecule has 0 fully saturated rings. The number of hydrogen-bond donors (Lipinski definition) is 2. The molecule has 8 heteroatoms. The molecule has 0 unspecified atom stereocenters. The van der Waals surface area contributed by atoms with E-state index in [2.05, 4.69) is 15.1 Å². The van der Waals surface area contributed by atoms with Gasteiger partial charge in [0.25, 0.3) is 0 Å². The van der Waals surface area contributed by atoms with Gasteiger partial charge >= 0.3 is 0 Å². The van der Waals surface area contributed by atoms with E-state index < -0.39 is 11.6 Å². The van der Waals surface area contributed by atoms with Crippen LogP contribution in [0.4, 0.5) is 14.5 Å². The maximum absolute atomic E-state index is 14.8. The highest BCUT2D eigenvalue weighted by Crippen LogP contribution is 2.38. The van der Waals surface area contributed by atoms with Crippen LogP contribution >= 0.6 is 0 Å². The van der Waals surface area contributed by atoms with Crippen LogP contribution in [0.1, 0.15) is 12.5 Å². The third-order valence-corrected chi connectivity index (χ3v) is 4.68. The monoisotopic (exact) mass is 396 g/mol. The third kappa shape index (κ3) is 3.22. The second-order valence-electron chi connectivity index (χ2n) is 6.61. The molecule has 0 spiro atoms. The highest BCUT2D eigenvalue weighted by Gasteiger charge is 2.21. The average molecular weight is 396 g/mol. The number of methoxy groups -OCH3 is 1. The summed E-state index contributed by atoms with van der Waals surface area (Å²) in [6.45, 7) is 1.72. The van der Waals surface area contributed by atoms with Crippen molar-refractivity contribution >= 4 is 22.3 Å². The number of rotatable bonds is 4. The van der Waals surface area contributed by atoms with E-state index in [0.29, 0.717) is 27.9 Å². The number of aromatic nitrogens is 3. The summed E-state index contributed by atoms with van der Waals surface area (Å²) in [6.07, 6.45) is 3.31. The fraction of sp³-hybridized carbons (Fsp3) is 0.143. The number of H-pyrrole nitrogens is 1. The van der Waals surface area contributed by atoms with Crippen LogP contribution in [0.25, 0.3) is 22.0 Å². The van der Waals surface area contributed by atoms with Gasteiger partial charge in [0.1, 0.15) is 23.1 Å². The minimum atomic E-state index is -0.643. The predicted octanol–water partition coefficient (Wildman–Crippen LogP) is 4.70. The van der Waals surface area contributed by atoms with Crippen molar-refractivity contribution < 1.29 is 18.6 Å². The van der Waals surface area contributed by atoms with Crippen molar-refractivity contribution in [2.24, 2.45) is 12.0 Å². The molecule has 29 heavy (non-hydrogen) atoms. The normalized spacial score (nSPS) is 12.0. The van der Waals surface area contributed by atoms with Gasteiger partial charge in [-0.3, -0.25) is 4.68 Å². The fourth-order valence-corrected chi connectivity index (χ4v) is 3.41. The molecule has 2 aromatic carbocycles. The van der Waals surface area contributed by atoms with Crippen molar-refractivity contribution in [3.63, 3.8) is 0 Å². The van der Waals surface area contributed by atoms with Crippen LogP contribution < -0.4 is 4.74 Å². The zero-order valence-electron chi connectivity index (χ0n) is 16.0. The number of aliphatic imine (C=N–C) groups is 1. The minimum Gasteiger partial charge on any atom is -0.496 e. The Morgan fingerprint density at radius 1 is 1.24 bits per heavy atom. The molecule has 0 amide bonds. The maximum Gasteiger partial charge on any atom is 0.198 e. The van der Waals surface area contributed by atoms with Gasteiger partial charge in [0.2, 0.25) is 0 Å². The summed E-state index contributed by atoms with van der Waals surface area (Å²) in [7, 11) is 3.17. The van der Waals surface area contributed by atoms with E-state index in [-0.39, 0.29) is 22.8 Å². The number of aryl methyl sites for hydroxylation is 1. The van der Waals surface area contributed by atoms with Crippen LogP contribution in [0.15, 0.2) is 47.7 Å². The van der Waals surface area contributed by atoms with E-state index in [1.165, 1.54) is 31.4 Å². The number of aromatic amines is 1. The van der Waals surface area contributed by atoms with E-state index in [1.54, 1.807) is 37.1 Å². The smallest absolute Gasteiger partial charge is 0.198 e. The molecule has 2 N–H and O–H groups in total. The second-order valence-corrected chi connectivity index (χ2v) is 6.61. The van der Waals surface area contributed by atoms with Gasteiger partial charge < -0.3 is 14.8 Å². The molecule has 0 radical (unpaired) electrons. The Labute approximate surface area is 165 Å². The summed E-state index contributed by atoms with van der Waals surface area (Å²) < 4.78 is 36.2. The molecule has 148 valence electrons. The Morgan fingerprint density at radius 2 is 2.03 bits per heavy atom. The average Bonchev–Trinajstić information content (AvgIpc) is 3.22. The van der Waals surface area contributed by atoms with Crippen molar-refractivity contribution in [3.05, 3.63) is 59.9 Å². The van der Waals surface area contributed by atoms with Gasteiger partial charge in [-0.05, 0) is 31.2 Å². The Bertz CT molecular complexity index is 1260. The lowest BCUT2D eigenvalue weighted by Gasteiger charge is -2.11. The standard InChI is InChI=1S/C21H18F2N4O2/c1-11(25-12-9-24-27(2)10-12)19-14-7-13(16(23)8-17(14)26-21(19)28)20-15(22)5-4-6-18(20)29-3/h4-10,26,28H,1-3H3. The summed E-state index contributed by atoms with van der Waals surface area (Å²) >= 11 is 0. The van der Waals surface area contributed by atoms with E-state index >= 15 is 0 Å². The Morgan fingerprint density at radius 3 is 2.72 bits per heavy atom. The van der Waals surface area contributed by atoms with Crippen molar-refractivity contribution in [2.75, 3.05) is 7.11 Å². The molecule has 0 saturated heterocycles. The van der Waals surface area contributed by atoms with Gasteiger partial charge in [0.05, 0.1) is 41.9 Å². The largest absolute Gasteiger partial charge is 0.496 e. The van der Waals surface area contributed by atoms with E-state index in [4.69, 9.17) is 4.74 Å². The van der Waals surface area contributed by atoms with Gasteiger partial charge in [0.15, 0.2) is 5.88 Å². The summed E-state index contributed by atoms with van der Waals surface area (Å²) in [5.74, 6) is -1.19. The first-order chi connectivity index (χ1) is 13.9. The number of aromatic hydroxyl groups is 1. The SMILES string of the molecule is COc1cccc(F)c1-c1cc2c(C(C)=Nc3cnn(C)c3)c(O)[nH]c2cc1F. The Balaban J connectivity index is 1.94. The lowest BCUT2D eigenvalue weighted by Crippen LogP contribution is -1.96. The highest BCUT2D eigenvalue weighted by atomic mass is 19.1. The van der Waals surface area contributed by atoms with Crippen LogP contribution in [0.2, 0.25) is 0 Å². The summed E-state index contributed by atoms with van der Waals surface area (Å²) in [5.41, 5.74) is 1.93. The van der Waals surface area contributed by atoms with Gasteiger partial charge in [0, 0.05) is 18.0 Å². The first-order valence-corrected chi connectivity index (χ1v) is 8.80. The predicted molar refractivity (Wildman–Crippen MR) is 107 cm³/mol. The van der Waals surface area contributed by atoms with E-state index in [9.17, 15) is 13.9 Å². The topological polar surface area (TPSA) is 75.4 Å². The summed E-state index contributed by atoms with van der Waals surface area (Å²) in [6, 6.07) is 7.00. The third-order valence-electron chi connectivity index (χ3n) is 4.68. The van der Waals surface area contributed by atoms with E-state index in [0.717, 1.165) is 0 Å². The molecular weight excluding hydrogens is 378 g/mol. The molecule has 0 aliphatic heterocycles. The summed E-state index contributed by atoms with van der Waals surface area (Å²) in [5, 5.41) is 15.0. The molecule has 0 aliphatic carbocycles. The van der Waals surface area contributed by atoms with Crippen molar-refractivity contribution in [1.82, 2.24) is 14.8 Å². The molecule has 2 heterocycles. The van der Waals surface area contributed by atoms with Gasteiger partial charge in [-0.2, -0.15) is 5.10 Å². The molecule has 0 saturated carbocycles. The van der Waals surface area contributed by atoms with Gasteiger partial charge in [-0.15, -0.1) is 0 Å². The molecule has 4 rings (SSSR count). The maximum atomic E-state index is 14.8. The first-order valence-electron chi connectivity index (χ1n) is 8.80. The van der Waals surface area contributed by atoms with Crippen molar-refractivity contribution in [3.8, 4) is 22.8 Å². The molecular formula is C21H18F2N4O2. The second kappa shape index (κ2) is 7.05. The number of nitrogens with zero attached hydrogens (tertiary/aromatic N) is 3. The fourth-order valence-electron chi connectivity index (χ4n) is 3.41. The zero-order chi connectivity index (χ0) is 20.7. The number of hydrogen-bond acceptors (Lipinski definition) is 4. The van der Waals surface area contributed by atoms with Crippen LogP contribution in [0.3, 0.4) is 0 Å². The minimum absolute atomic E-state index is 0.0166. The number of nitrogens with one attached hydrogen (secondary N) is 1. The molecule has 0 aliphatic rings. The molecule has 2 aromatic heterocycles. The number of benzene rings is 2. The Kier molecular flexibility index (Phi) is 4.54. The van der Waals surface area contributed by atoms with Crippen molar-refractivity contribution in [2.45, 2.75) is 6.92 Å². The molecule has 4 aromatic rings. The van der Waals surface area contributed by atoms with Crippen LogP contribution in [0.5, 0.6) is 11.6 Å². The van der Waals surface area contributed by atoms with Crippen LogP contribution in [0, 0.1) is 11.6 Å². The van der Waals surface area contributed by atoms with Crippen LogP contribution in [-0.4, -0.2) is 32.7 Å². The molecule has 6 nitrogen and oxygen atoms in total. The van der Waals surface area contributed by atoms with E-state index in [1.807, 2.05) is 0 Å². The number of fused-ring (bicyclic) bond motifs is 1. The van der Waals surface area contributed by atoms with Crippen LogP contribution in [-0.2, 0) is 7.05 Å². The number of halogens is 2. The number of ether oxygens (including phenoxy) is 1. The van der Waals surface area contributed by atoms with Crippen molar-refractivity contribution in [1.29, 1.82) is 0 Å². The molecule has 0 bridgehead atoms. The lowest BCUT2D eigenvalue weighted by atomic mass is 9.99. The first kappa shape index (κ1) is 18.7. The lowest BCUT2D eigenvalue weighted by molar-refractivity contribution is 0.413. The summed E-state index contributed by atoms with van der Waals surface area (Å²) in [4.78, 5) is 7.22. The quantitative estimate of drug-likeness (QED) is 0.491. The van der Waals surface area contributed by atoms with Gasteiger partial charge in [-0.1, -0.05) is 6.07 Å². The highest BCUT2D eigenvalue weighted by molar-refractivity contribution is 6.13.